The molecule has 2 aliphatic heterocycles. The van der Waals surface area contributed by atoms with E-state index in [2.05, 4.69) is 31.3 Å². The summed E-state index contributed by atoms with van der Waals surface area (Å²) in [4.78, 5) is 25.2. The average Bonchev–Trinajstić information content (AvgIpc) is 3.42. The molecule has 5 rings (SSSR count). The smallest absolute Gasteiger partial charge is 0.262 e. The molecule has 0 saturated heterocycles. The van der Waals surface area contributed by atoms with E-state index in [1.165, 1.54) is 0 Å². The normalized spacial score (nSPS) is 18.2. The number of amides is 2. The van der Waals surface area contributed by atoms with Crippen LogP contribution in [0.25, 0.3) is 10.8 Å². The molecule has 1 aromatic heterocycles. The van der Waals surface area contributed by atoms with Gasteiger partial charge in [0, 0.05) is 6.20 Å². The maximum absolute atomic E-state index is 12.7. The van der Waals surface area contributed by atoms with E-state index in [0.717, 1.165) is 10.8 Å². The first-order chi connectivity index (χ1) is 19.6. The number of nitrogens with zero attached hydrogens (tertiary/aromatic N) is 6. The lowest BCUT2D eigenvalue weighted by Gasteiger charge is -2.19. The molecule has 14 heteroatoms. The zero-order valence-corrected chi connectivity index (χ0v) is 21.8. The molecule has 0 aliphatic carbocycles. The first-order valence-corrected chi connectivity index (χ1v) is 12.9. The highest BCUT2D eigenvalue weighted by Gasteiger charge is 2.15. The van der Waals surface area contributed by atoms with Crippen LogP contribution in [0.15, 0.2) is 64.8 Å². The van der Waals surface area contributed by atoms with Crippen LogP contribution in [0.2, 0.25) is 0 Å². The Hall–Kier alpha value is -4.56. The van der Waals surface area contributed by atoms with Crippen molar-refractivity contribution in [2.24, 2.45) is 10.3 Å². The Morgan fingerprint density at radius 3 is 2.30 bits per heavy atom. The molecule has 3 heterocycles. The molecule has 2 aromatic carbocycles. The summed E-state index contributed by atoms with van der Waals surface area (Å²) < 4.78 is 24.5. The fraction of sp³-hybridized carbons (Fsp3) is 0.385. The van der Waals surface area contributed by atoms with Crippen molar-refractivity contribution in [3.05, 3.63) is 60.2 Å². The Kier molecular flexibility index (Phi) is 9.11. The van der Waals surface area contributed by atoms with Gasteiger partial charge in [-0.2, -0.15) is 5.11 Å². The quantitative estimate of drug-likeness (QED) is 0.420. The molecule has 0 radical (unpaired) electrons. The van der Waals surface area contributed by atoms with Crippen LogP contribution in [0.1, 0.15) is 5.69 Å². The Balaban J connectivity index is 1.28. The molecule has 0 saturated carbocycles. The monoisotopic (exact) mass is 550 g/mol. The lowest BCUT2D eigenvalue weighted by atomic mass is 10.1. The number of hydrogen-bond acceptors (Lipinski definition) is 11. The van der Waals surface area contributed by atoms with Gasteiger partial charge in [-0.25, -0.2) is 4.68 Å². The van der Waals surface area contributed by atoms with Crippen molar-refractivity contribution in [3.63, 3.8) is 0 Å². The average molecular weight is 551 g/mol. The fourth-order valence-corrected chi connectivity index (χ4v) is 3.95. The van der Waals surface area contributed by atoms with E-state index < -0.39 is 0 Å². The van der Waals surface area contributed by atoms with Gasteiger partial charge in [0.1, 0.15) is 12.2 Å². The maximum Gasteiger partial charge on any atom is 0.262 e. The molecule has 0 fully saturated rings. The molecular weight excluding hydrogens is 520 g/mol. The van der Waals surface area contributed by atoms with Gasteiger partial charge in [0.25, 0.3) is 11.8 Å². The molecule has 40 heavy (non-hydrogen) atoms. The number of fused-ring (bicyclic) bond motifs is 5. The van der Waals surface area contributed by atoms with Gasteiger partial charge in [-0.3, -0.25) is 14.6 Å². The highest BCUT2D eigenvalue weighted by Crippen LogP contribution is 2.32. The van der Waals surface area contributed by atoms with Crippen LogP contribution in [0, 0.1) is 0 Å². The second-order valence-corrected chi connectivity index (χ2v) is 8.95. The highest BCUT2D eigenvalue weighted by atomic mass is 16.5. The van der Waals surface area contributed by atoms with Crippen molar-refractivity contribution >= 4 is 22.6 Å². The number of aromatic nitrogens is 3. The van der Waals surface area contributed by atoms with Crippen molar-refractivity contribution in [1.29, 1.82) is 0 Å². The lowest BCUT2D eigenvalue weighted by molar-refractivity contribution is -0.124. The molecule has 3 aromatic rings. The van der Waals surface area contributed by atoms with Gasteiger partial charge in [-0.1, -0.05) is 34.7 Å². The fourth-order valence-electron chi connectivity index (χ4n) is 3.95. The van der Waals surface area contributed by atoms with Gasteiger partial charge >= 0.3 is 0 Å². The summed E-state index contributed by atoms with van der Waals surface area (Å²) in [5, 5.41) is 25.2. The van der Waals surface area contributed by atoms with E-state index in [1.54, 1.807) is 34.2 Å². The first-order valence-electron chi connectivity index (χ1n) is 12.9. The number of ether oxygens (including phenoxy) is 4. The summed E-state index contributed by atoms with van der Waals surface area (Å²) in [6.07, 6.45) is 3.46. The Labute approximate surface area is 229 Å². The van der Waals surface area contributed by atoms with Crippen LogP contribution in [0.4, 0.5) is 0 Å². The highest BCUT2D eigenvalue weighted by molar-refractivity contribution is 5.87. The van der Waals surface area contributed by atoms with E-state index >= 15 is 0 Å². The minimum atomic E-state index is -0.368. The van der Waals surface area contributed by atoms with Gasteiger partial charge in [-0.05, 0) is 22.9 Å². The summed E-state index contributed by atoms with van der Waals surface area (Å²) in [5.41, 5.74) is 1.19. The Morgan fingerprint density at radius 1 is 0.850 bits per heavy atom. The van der Waals surface area contributed by atoms with Gasteiger partial charge in [-0.15, -0.1) is 5.10 Å². The minimum Gasteiger partial charge on any atom is -0.480 e. The zero-order valence-electron chi connectivity index (χ0n) is 21.8. The molecule has 2 amide bonds. The molecular formula is C26H30N8O6. The summed E-state index contributed by atoms with van der Waals surface area (Å²) in [7, 11) is 0. The largest absolute Gasteiger partial charge is 0.480 e. The summed E-state index contributed by atoms with van der Waals surface area (Å²) in [5.74, 6) is -0.0290. The van der Waals surface area contributed by atoms with E-state index in [9.17, 15) is 9.59 Å². The number of nitrogens with one attached hydrogen (secondary N) is 2. The van der Waals surface area contributed by atoms with Gasteiger partial charge in [0.2, 0.25) is 0 Å². The van der Waals surface area contributed by atoms with Crippen molar-refractivity contribution in [1.82, 2.24) is 30.6 Å². The van der Waals surface area contributed by atoms with Crippen LogP contribution in [-0.4, -0.2) is 84.5 Å². The van der Waals surface area contributed by atoms with E-state index in [1.807, 2.05) is 24.3 Å². The van der Waals surface area contributed by atoms with Crippen molar-refractivity contribution in [2.75, 3.05) is 52.7 Å². The number of carbonyl (C=O) groups excluding carboxylic acids is 2. The second-order valence-electron chi connectivity index (χ2n) is 8.95. The van der Waals surface area contributed by atoms with Crippen LogP contribution < -0.4 is 20.1 Å². The molecule has 14 nitrogen and oxygen atoms in total. The molecule has 0 atom stereocenters. The third-order valence-electron chi connectivity index (χ3n) is 5.91. The molecule has 210 valence electrons. The standard InChI is InChI=1S/C26H30N8O6/c35-25-17-39-23-11-19-3-1-2-4-20(19)12-24(23)40-18-26(36)29-21-14-28-31-33(15-21)5-7-37-9-10-38-8-6-34-16-22(13-27-25)30-32-34/h1-4,11-12,15-16H,5-10,13-14,17-18H2,(H,27,35)(H,29,36). The lowest BCUT2D eigenvalue weighted by Crippen LogP contribution is -2.32. The van der Waals surface area contributed by atoms with Crippen LogP contribution in [-0.2, 0) is 32.2 Å². The predicted molar refractivity (Wildman–Crippen MR) is 141 cm³/mol. The first kappa shape index (κ1) is 27.0. The van der Waals surface area contributed by atoms with Crippen LogP contribution in [0.3, 0.4) is 0 Å². The Bertz CT molecular complexity index is 1390. The predicted octanol–water partition coefficient (Wildman–Crippen LogP) is 1.19. The van der Waals surface area contributed by atoms with Crippen molar-refractivity contribution in [3.8, 4) is 11.5 Å². The summed E-state index contributed by atoms with van der Waals surface area (Å²) in [6, 6.07) is 11.2. The van der Waals surface area contributed by atoms with Gasteiger partial charge < -0.3 is 29.6 Å². The number of rotatable bonds is 0. The van der Waals surface area contributed by atoms with Crippen LogP contribution in [0.5, 0.6) is 11.5 Å². The number of carbonyl (C=O) groups is 2. The SMILES string of the molecule is O=C1COc2cc3ccccc3cc2OCC(=O)NC2=CN(CCOCCOCCn3cc(nn3)CN1)N=NC2. The third kappa shape index (κ3) is 7.74. The van der Waals surface area contributed by atoms with E-state index in [-0.39, 0.29) is 38.1 Å². The van der Waals surface area contributed by atoms with Crippen molar-refractivity contribution < 1.29 is 28.5 Å². The Morgan fingerprint density at radius 2 is 1.55 bits per heavy atom. The van der Waals surface area contributed by atoms with Crippen LogP contribution >= 0.6 is 0 Å². The molecule has 0 spiro atoms. The molecule has 4 bridgehead atoms. The van der Waals surface area contributed by atoms with Crippen molar-refractivity contribution in [2.45, 2.75) is 13.1 Å². The minimum absolute atomic E-state index is 0.198. The van der Waals surface area contributed by atoms with Gasteiger partial charge in [0.05, 0.1) is 58.0 Å². The van der Waals surface area contributed by atoms with Gasteiger partial charge in [0.15, 0.2) is 24.7 Å². The molecule has 2 aliphatic rings. The number of benzene rings is 2. The summed E-state index contributed by atoms with van der Waals surface area (Å²) in [6.45, 7) is 2.59. The van der Waals surface area contributed by atoms with E-state index in [4.69, 9.17) is 18.9 Å². The third-order valence-corrected chi connectivity index (χ3v) is 5.91. The zero-order chi connectivity index (χ0) is 27.6. The molecule has 2 N–H and O–H groups in total. The second kappa shape index (κ2) is 13.5. The summed E-state index contributed by atoms with van der Waals surface area (Å²) >= 11 is 0. The topological polar surface area (TPSA) is 154 Å². The van der Waals surface area contributed by atoms with E-state index in [0.29, 0.717) is 62.4 Å². The molecule has 0 unspecified atom stereocenters. The maximum atomic E-state index is 12.7. The number of hydrogen-bond donors (Lipinski definition) is 2.